The predicted octanol–water partition coefficient (Wildman–Crippen LogP) is 2.46. The number of aromatic nitrogens is 4. The van der Waals surface area contributed by atoms with E-state index in [9.17, 15) is 0 Å². The molecule has 0 saturated carbocycles. The molecule has 20 heavy (non-hydrogen) atoms. The maximum absolute atomic E-state index is 4.72. The zero-order valence-corrected chi connectivity index (χ0v) is 11.6. The number of benzene rings is 1. The lowest BCUT2D eigenvalue weighted by Crippen LogP contribution is -2.17. The zero-order chi connectivity index (χ0) is 13.8. The first-order valence-corrected chi connectivity index (χ1v) is 7.01. The molecule has 2 N–H and O–H groups in total. The topological polar surface area (TPSA) is 58.5 Å². The fraction of sp³-hybridized carbons (Fsp3) is 0.333. The van der Waals surface area contributed by atoms with Crippen molar-refractivity contribution < 1.29 is 0 Å². The van der Waals surface area contributed by atoms with Crippen molar-refractivity contribution in [2.75, 3.05) is 0 Å². The average molecular weight is 269 g/mol. The second kappa shape index (κ2) is 5.88. The first-order valence-electron chi connectivity index (χ1n) is 7.01. The predicted molar refractivity (Wildman–Crippen MR) is 79.2 cm³/mol. The summed E-state index contributed by atoms with van der Waals surface area (Å²) in [5, 5.41) is 10.3. The average Bonchev–Trinajstić information content (AvgIpc) is 3.08. The number of nitrogens with zero attached hydrogens (tertiary/aromatic N) is 3. The molecular formula is C15H19N5. The van der Waals surface area contributed by atoms with Crippen LogP contribution in [-0.4, -0.2) is 19.7 Å². The lowest BCUT2D eigenvalue weighted by atomic mass is 10.3. The Hall–Kier alpha value is -2.14. The molecule has 0 fully saturated rings. The second-order valence-corrected chi connectivity index (χ2v) is 4.85. The van der Waals surface area contributed by atoms with Crippen LogP contribution in [0.3, 0.4) is 0 Å². The van der Waals surface area contributed by atoms with Gasteiger partial charge < -0.3 is 9.88 Å². The molecule has 0 bridgehead atoms. The van der Waals surface area contributed by atoms with Crippen molar-refractivity contribution >= 4 is 11.0 Å². The number of H-pyrrole nitrogens is 1. The van der Waals surface area contributed by atoms with Gasteiger partial charge in [-0.1, -0.05) is 19.1 Å². The van der Waals surface area contributed by atoms with Crippen LogP contribution in [0.5, 0.6) is 0 Å². The van der Waals surface area contributed by atoms with Crippen molar-refractivity contribution in [3.05, 3.63) is 48.0 Å². The number of hydrogen-bond acceptors (Lipinski definition) is 3. The quantitative estimate of drug-likeness (QED) is 0.722. The number of fused-ring (bicyclic) bond motifs is 1. The van der Waals surface area contributed by atoms with Gasteiger partial charge in [-0.25, -0.2) is 4.98 Å². The molecule has 3 rings (SSSR count). The fourth-order valence-electron chi connectivity index (χ4n) is 2.43. The molecule has 0 aliphatic carbocycles. The molecule has 0 saturated heterocycles. The van der Waals surface area contributed by atoms with E-state index in [2.05, 4.69) is 45.2 Å². The number of para-hydroxylation sites is 2. The lowest BCUT2D eigenvalue weighted by Gasteiger charge is -2.08. The van der Waals surface area contributed by atoms with Gasteiger partial charge in [0.05, 0.1) is 17.6 Å². The van der Waals surface area contributed by atoms with E-state index >= 15 is 0 Å². The van der Waals surface area contributed by atoms with E-state index in [0.29, 0.717) is 0 Å². The van der Waals surface area contributed by atoms with Gasteiger partial charge in [-0.2, -0.15) is 5.10 Å². The van der Waals surface area contributed by atoms with Crippen LogP contribution in [0.25, 0.3) is 11.0 Å². The van der Waals surface area contributed by atoms with Crippen molar-refractivity contribution in [1.82, 2.24) is 25.1 Å². The minimum absolute atomic E-state index is 0.758. The molecule has 0 atom stereocenters. The van der Waals surface area contributed by atoms with Crippen LogP contribution in [0.2, 0.25) is 0 Å². The van der Waals surface area contributed by atoms with Gasteiger partial charge in [-0.15, -0.1) is 0 Å². The minimum Gasteiger partial charge on any atom is -0.327 e. The van der Waals surface area contributed by atoms with E-state index in [1.54, 1.807) is 6.20 Å². The largest absolute Gasteiger partial charge is 0.327 e. The Morgan fingerprint density at radius 2 is 2.10 bits per heavy atom. The normalized spacial score (nSPS) is 11.2. The molecule has 0 aliphatic rings. The first-order chi connectivity index (χ1) is 9.88. The number of rotatable bonds is 6. The van der Waals surface area contributed by atoms with Crippen LogP contribution in [-0.2, 0) is 19.6 Å². The second-order valence-electron chi connectivity index (χ2n) is 4.85. The van der Waals surface area contributed by atoms with Gasteiger partial charge in [0.2, 0.25) is 0 Å². The highest BCUT2D eigenvalue weighted by molar-refractivity contribution is 5.75. The van der Waals surface area contributed by atoms with Crippen molar-refractivity contribution in [2.45, 2.75) is 33.0 Å². The molecule has 104 valence electrons. The van der Waals surface area contributed by atoms with Gasteiger partial charge in [-0.3, -0.25) is 5.10 Å². The Kier molecular flexibility index (Phi) is 3.78. The molecule has 0 unspecified atom stereocenters. The molecule has 1 aromatic carbocycles. The molecule has 0 spiro atoms. The van der Waals surface area contributed by atoms with E-state index < -0.39 is 0 Å². The van der Waals surface area contributed by atoms with E-state index in [1.165, 1.54) is 5.52 Å². The number of nitrogens with one attached hydrogen (secondary N) is 2. The third kappa shape index (κ3) is 2.58. The summed E-state index contributed by atoms with van der Waals surface area (Å²) >= 11 is 0. The van der Waals surface area contributed by atoms with Crippen molar-refractivity contribution in [3.63, 3.8) is 0 Å². The molecule has 2 aromatic heterocycles. The Bertz CT molecular complexity index is 669. The molecule has 5 heteroatoms. The first kappa shape index (κ1) is 12.9. The Balaban J connectivity index is 1.77. The summed E-state index contributed by atoms with van der Waals surface area (Å²) in [4.78, 5) is 4.72. The highest BCUT2D eigenvalue weighted by Gasteiger charge is 2.09. The maximum Gasteiger partial charge on any atom is 0.123 e. The number of imidazole rings is 1. The molecule has 0 radical (unpaired) electrons. The molecule has 5 nitrogen and oxygen atoms in total. The van der Waals surface area contributed by atoms with E-state index in [1.807, 2.05) is 12.1 Å². The Morgan fingerprint density at radius 1 is 1.20 bits per heavy atom. The van der Waals surface area contributed by atoms with Crippen molar-refractivity contribution in [2.24, 2.45) is 0 Å². The van der Waals surface area contributed by atoms with E-state index in [0.717, 1.165) is 43.1 Å². The fourth-order valence-corrected chi connectivity index (χ4v) is 2.43. The number of aromatic amines is 1. The van der Waals surface area contributed by atoms with Crippen LogP contribution in [0.1, 0.15) is 24.9 Å². The molecular weight excluding hydrogens is 250 g/mol. The maximum atomic E-state index is 4.72. The van der Waals surface area contributed by atoms with Crippen molar-refractivity contribution in [3.8, 4) is 0 Å². The van der Waals surface area contributed by atoms with Crippen LogP contribution >= 0.6 is 0 Å². The van der Waals surface area contributed by atoms with E-state index in [4.69, 9.17) is 4.98 Å². The molecule has 0 amide bonds. The highest BCUT2D eigenvalue weighted by Crippen LogP contribution is 2.16. The van der Waals surface area contributed by atoms with Gasteiger partial charge >= 0.3 is 0 Å². The van der Waals surface area contributed by atoms with Gasteiger partial charge in [-0.05, 0) is 24.6 Å². The summed E-state index contributed by atoms with van der Waals surface area (Å²) in [5.41, 5.74) is 3.37. The van der Waals surface area contributed by atoms with Crippen molar-refractivity contribution in [1.29, 1.82) is 0 Å². The summed E-state index contributed by atoms with van der Waals surface area (Å²) in [6.45, 7) is 4.72. The van der Waals surface area contributed by atoms with Crippen LogP contribution < -0.4 is 5.32 Å². The zero-order valence-electron chi connectivity index (χ0n) is 11.6. The standard InChI is InChI=1S/C15H19N5/c1-2-9-20-14-6-4-3-5-13(14)18-15(20)11-16-10-12-7-8-17-19-12/h3-8,16H,2,9-11H2,1H3,(H,17,19). The number of aryl methyl sites for hydroxylation is 1. The summed E-state index contributed by atoms with van der Waals surface area (Å²) in [6, 6.07) is 10.3. The van der Waals surface area contributed by atoms with Gasteiger partial charge in [0.15, 0.2) is 0 Å². The van der Waals surface area contributed by atoms with E-state index in [-0.39, 0.29) is 0 Å². The summed E-state index contributed by atoms with van der Waals surface area (Å²) in [7, 11) is 0. The smallest absolute Gasteiger partial charge is 0.123 e. The molecule has 2 heterocycles. The molecule has 0 aliphatic heterocycles. The van der Waals surface area contributed by atoms with Crippen LogP contribution in [0.4, 0.5) is 0 Å². The third-order valence-electron chi connectivity index (χ3n) is 3.34. The molecule has 3 aromatic rings. The lowest BCUT2D eigenvalue weighted by molar-refractivity contribution is 0.593. The summed E-state index contributed by atoms with van der Waals surface area (Å²) < 4.78 is 2.30. The summed E-state index contributed by atoms with van der Waals surface area (Å²) in [5.74, 6) is 1.09. The minimum atomic E-state index is 0.758. The van der Waals surface area contributed by atoms with Gasteiger partial charge in [0.25, 0.3) is 0 Å². The van der Waals surface area contributed by atoms with Crippen LogP contribution in [0.15, 0.2) is 36.5 Å². The third-order valence-corrected chi connectivity index (χ3v) is 3.34. The van der Waals surface area contributed by atoms with Gasteiger partial charge in [0.1, 0.15) is 5.82 Å². The van der Waals surface area contributed by atoms with Crippen LogP contribution in [0, 0.1) is 0 Å². The van der Waals surface area contributed by atoms with Gasteiger partial charge in [0, 0.05) is 25.0 Å². The monoisotopic (exact) mass is 269 g/mol. The highest BCUT2D eigenvalue weighted by atomic mass is 15.1. The number of hydrogen-bond donors (Lipinski definition) is 2. The summed E-state index contributed by atoms with van der Waals surface area (Å²) in [6.07, 6.45) is 2.87. The Labute approximate surface area is 118 Å². The SMILES string of the molecule is CCCn1c(CNCc2ccn[nH]2)nc2ccccc21. The Morgan fingerprint density at radius 3 is 2.90 bits per heavy atom.